The number of carboxylic acids is 1. The van der Waals surface area contributed by atoms with Crippen molar-refractivity contribution in [2.24, 2.45) is 0 Å². The van der Waals surface area contributed by atoms with Crippen LogP contribution in [0, 0.1) is 6.92 Å². The SMILES string of the molecule is CCc1nc(C)c(C(=O)NC(COC)C(=O)O)s1. The molecule has 18 heavy (non-hydrogen) atoms. The monoisotopic (exact) mass is 272 g/mol. The summed E-state index contributed by atoms with van der Waals surface area (Å²) in [7, 11) is 1.38. The molecule has 7 heteroatoms. The number of aryl methyl sites for hydroxylation is 2. The molecule has 2 N–H and O–H groups in total. The molecule has 1 rings (SSSR count). The molecule has 0 aromatic carbocycles. The molecule has 0 fully saturated rings. The normalized spacial score (nSPS) is 12.2. The molecule has 0 aliphatic heterocycles. The number of aromatic nitrogens is 1. The molecule has 1 heterocycles. The lowest BCUT2D eigenvalue weighted by Crippen LogP contribution is -2.43. The van der Waals surface area contributed by atoms with Crippen LogP contribution in [0.15, 0.2) is 0 Å². The second kappa shape index (κ2) is 6.46. The van der Waals surface area contributed by atoms with Gasteiger partial charge in [0.15, 0.2) is 6.04 Å². The van der Waals surface area contributed by atoms with E-state index in [1.807, 2.05) is 6.92 Å². The van der Waals surface area contributed by atoms with Crippen molar-refractivity contribution in [2.45, 2.75) is 26.3 Å². The van der Waals surface area contributed by atoms with Gasteiger partial charge in [0.05, 0.1) is 17.3 Å². The summed E-state index contributed by atoms with van der Waals surface area (Å²) >= 11 is 1.28. The van der Waals surface area contributed by atoms with Crippen LogP contribution in [0.3, 0.4) is 0 Å². The van der Waals surface area contributed by atoms with Crippen molar-refractivity contribution >= 4 is 23.2 Å². The van der Waals surface area contributed by atoms with Gasteiger partial charge in [0, 0.05) is 7.11 Å². The van der Waals surface area contributed by atoms with E-state index in [0.29, 0.717) is 10.6 Å². The summed E-state index contributed by atoms with van der Waals surface area (Å²) in [5, 5.41) is 12.2. The Morgan fingerprint density at radius 1 is 1.56 bits per heavy atom. The molecular weight excluding hydrogens is 256 g/mol. The first-order valence-corrected chi connectivity index (χ1v) is 6.30. The maximum Gasteiger partial charge on any atom is 0.328 e. The van der Waals surface area contributed by atoms with Crippen LogP contribution in [-0.4, -0.2) is 41.7 Å². The molecule has 1 aromatic heterocycles. The highest BCUT2D eigenvalue weighted by molar-refractivity contribution is 7.13. The topological polar surface area (TPSA) is 88.5 Å². The van der Waals surface area contributed by atoms with Gasteiger partial charge in [0.1, 0.15) is 4.88 Å². The average molecular weight is 272 g/mol. The van der Waals surface area contributed by atoms with Crippen LogP contribution in [0.2, 0.25) is 0 Å². The lowest BCUT2D eigenvalue weighted by molar-refractivity contribution is -0.140. The molecule has 1 atom stereocenters. The summed E-state index contributed by atoms with van der Waals surface area (Å²) < 4.78 is 4.75. The number of carbonyl (C=O) groups is 2. The molecule has 1 amide bonds. The number of carboxylic acid groups (broad SMARTS) is 1. The van der Waals surface area contributed by atoms with Gasteiger partial charge in [-0.05, 0) is 13.3 Å². The Bertz CT molecular complexity index is 444. The number of rotatable bonds is 6. The molecule has 0 bridgehead atoms. The molecule has 0 spiro atoms. The van der Waals surface area contributed by atoms with Crippen LogP contribution in [0.4, 0.5) is 0 Å². The Labute approximate surface area is 109 Å². The van der Waals surface area contributed by atoms with E-state index in [4.69, 9.17) is 9.84 Å². The van der Waals surface area contributed by atoms with Crippen molar-refractivity contribution in [3.63, 3.8) is 0 Å². The Morgan fingerprint density at radius 3 is 2.67 bits per heavy atom. The Hall–Kier alpha value is -1.47. The second-order valence-corrected chi connectivity index (χ2v) is 4.78. The number of amides is 1. The number of carbonyl (C=O) groups excluding carboxylic acids is 1. The fourth-order valence-corrected chi connectivity index (χ4v) is 2.29. The van der Waals surface area contributed by atoms with E-state index in [9.17, 15) is 9.59 Å². The number of aliphatic carboxylic acids is 1. The maximum atomic E-state index is 11.9. The first kappa shape index (κ1) is 14.6. The summed E-state index contributed by atoms with van der Waals surface area (Å²) in [6, 6.07) is -1.05. The van der Waals surface area contributed by atoms with Crippen LogP contribution in [0.1, 0.15) is 27.3 Å². The quantitative estimate of drug-likeness (QED) is 0.801. The lowest BCUT2D eigenvalue weighted by atomic mass is 10.3. The van der Waals surface area contributed by atoms with Crippen LogP contribution >= 0.6 is 11.3 Å². The van der Waals surface area contributed by atoms with Crippen LogP contribution in [0.5, 0.6) is 0 Å². The lowest BCUT2D eigenvalue weighted by Gasteiger charge is -2.12. The van der Waals surface area contributed by atoms with Crippen molar-refractivity contribution in [3.05, 3.63) is 15.6 Å². The van der Waals surface area contributed by atoms with Crippen molar-refractivity contribution in [2.75, 3.05) is 13.7 Å². The van der Waals surface area contributed by atoms with Gasteiger partial charge in [0.2, 0.25) is 0 Å². The highest BCUT2D eigenvalue weighted by Gasteiger charge is 2.23. The third-order valence-corrected chi connectivity index (χ3v) is 3.59. The number of ether oxygens (including phenoxy) is 1. The molecular formula is C11H16N2O4S. The van der Waals surface area contributed by atoms with Gasteiger partial charge >= 0.3 is 5.97 Å². The number of nitrogens with one attached hydrogen (secondary N) is 1. The highest BCUT2D eigenvalue weighted by Crippen LogP contribution is 2.18. The highest BCUT2D eigenvalue weighted by atomic mass is 32.1. The van der Waals surface area contributed by atoms with Crippen molar-refractivity contribution < 1.29 is 19.4 Å². The van der Waals surface area contributed by atoms with Gasteiger partial charge in [-0.15, -0.1) is 11.3 Å². The molecule has 0 saturated heterocycles. The third kappa shape index (κ3) is 3.51. The van der Waals surface area contributed by atoms with Gasteiger partial charge < -0.3 is 15.2 Å². The molecule has 0 saturated carbocycles. The fourth-order valence-electron chi connectivity index (χ4n) is 1.38. The first-order chi connectivity index (χ1) is 8.49. The Kier molecular flexibility index (Phi) is 5.24. The number of nitrogens with zero attached hydrogens (tertiary/aromatic N) is 1. The minimum atomic E-state index is -1.12. The molecule has 100 valence electrons. The number of hydrogen-bond acceptors (Lipinski definition) is 5. The van der Waals surface area contributed by atoms with E-state index in [2.05, 4.69) is 10.3 Å². The summed E-state index contributed by atoms with van der Waals surface area (Å²) in [6.45, 7) is 3.61. The van der Waals surface area contributed by atoms with E-state index < -0.39 is 17.9 Å². The third-order valence-electron chi connectivity index (χ3n) is 2.29. The minimum Gasteiger partial charge on any atom is -0.480 e. The summed E-state index contributed by atoms with van der Waals surface area (Å²) in [4.78, 5) is 27.5. The zero-order chi connectivity index (χ0) is 13.7. The Morgan fingerprint density at radius 2 is 2.22 bits per heavy atom. The summed E-state index contributed by atoms with van der Waals surface area (Å²) in [6.07, 6.45) is 0.749. The van der Waals surface area contributed by atoms with Gasteiger partial charge in [-0.25, -0.2) is 9.78 Å². The van der Waals surface area contributed by atoms with E-state index in [1.54, 1.807) is 6.92 Å². The zero-order valence-electron chi connectivity index (χ0n) is 10.5. The molecule has 0 radical (unpaired) electrons. The zero-order valence-corrected chi connectivity index (χ0v) is 11.3. The molecule has 0 aliphatic rings. The van der Waals surface area contributed by atoms with E-state index >= 15 is 0 Å². The molecule has 0 aliphatic carbocycles. The standard InChI is InChI=1S/C11H16N2O4S/c1-4-8-12-6(2)9(18-8)10(14)13-7(5-17-3)11(15)16/h7H,4-5H2,1-3H3,(H,13,14)(H,15,16). The van der Waals surface area contributed by atoms with Crippen LogP contribution in [0.25, 0.3) is 0 Å². The van der Waals surface area contributed by atoms with E-state index in [-0.39, 0.29) is 6.61 Å². The number of thiazole rings is 1. The molecule has 1 unspecified atom stereocenters. The van der Waals surface area contributed by atoms with Crippen molar-refractivity contribution in [1.29, 1.82) is 0 Å². The largest absolute Gasteiger partial charge is 0.480 e. The first-order valence-electron chi connectivity index (χ1n) is 5.48. The summed E-state index contributed by atoms with van der Waals surface area (Å²) in [5.41, 5.74) is 0.621. The van der Waals surface area contributed by atoms with E-state index in [0.717, 1.165) is 11.4 Å². The van der Waals surface area contributed by atoms with Crippen molar-refractivity contribution in [3.8, 4) is 0 Å². The minimum absolute atomic E-state index is 0.0699. The smallest absolute Gasteiger partial charge is 0.328 e. The Balaban J connectivity index is 2.79. The molecule has 6 nitrogen and oxygen atoms in total. The predicted molar refractivity (Wildman–Crippen MR) is 67.0 cm³/mol. The average Bonchev–Trinajstić information content (AvgIpc) is 2.69. The van der Waals surface area contributed by atoms with E-state index in [1.165, 1.54) is 18.4 Å². The summed E-state index contributed by atoms with van der Waals surface area (Å²) in [5.74, 6) is -1.54. The fraction of sp³-hybridized carbons (Fsp3) is 0.545. The van der Waals surface area contributed by atoms with Gasteiger partial charge in [0.25, 0.3) is 5.91 Å². The van der Waals surface area contributed by atoms with Crippen molar-refractivity contribution in [1.82, 2.24) is 10.3 Å². The number of hydrogen-bond donors (Lipinski definition) is 2. The predicted octanol–water partition coefficient (Wildman–Crippen LogP) is 0.843. The van der Waals surface area contributed by atoms with Crippen LogP contribution in [-0.2, 0) is 16.0 Å². The van der Waals surface area contributed by atoms with Gasteiger partial charge in [-0.1, -0.05) is 6.92 Å². The second-order valence-electron chi connectivity index (χ2n) is 3.70. The number of methoxy groups -OCH3 is 1. The van der Waals surface area contributed by atoms with Gasteiger partial charge in [-0.2, -0.15) is 0 Å². The maximum absolute atomic E-state index is 11.9. The molecule has 1 aromatic rings. The van der Waals surface area contributed by atoms with Crippen LogP contribution < -0.4 is 5.32 Å². The van der Waals surface area contributed by atoms with Gasteiger partial charge in [-0.3, -0.25) is 4.79 Å².